The number of fused-ring (bicyclic) bond motifs is 1. The van der Waals surface area contributed by atoms with Crippen LogP contribution >= 0.6 is 11.6 Å². The summed E-state index contributed by atoms with van der Waals surface area (Å²) >= 11 is 6.15. The van der Waals surface area contributed by atoms with Gasteiger partial charge in [-0.25, -0.2) is 4.39 Å². The average Bonchev–Trinajstić information content (AvgIpc) is 2.47. The van der Waals surface area contributed by atoms with Crippen LogP contribution in [0.3, 0.4) is 0 Å². The summed E-state index contributed by atoms with van der Waals surface area (Å²) in [5, 5.41) is 5.89. The van der Waals surface area contributed by atoms with Crippen molar-refractivity contribution in [2.24, 2.45) is 4.40 Å². The molecule has 114 valence electrons. The number of anilines is 1. The molecule has 1 aliphatic heterocycles. The quantitative estimate of drug-likeness (QED) is 0.838. The van der Waals surface area contributed by atoms with Crippen molar-refractivity contribution in [3.8, 4) is 11.1 Å². The standard InChI is InChI=1S/C14H11ClFN3O2S/c1-17-14-18-13-10(9-4-2-3-5-11(9)15)6-8(16)7-12(13)22(20,21)19-14/h2-7H,1H3,(H2,17,18,19). The topological polar surface area (TPSA) is 70.6 Å². The summed E-state index contributed by atoms with van der Waals surface area (Å²) < 4.78 is 41.8. The molecule has 0 spiro atoms. The lowest BCUT2D eigenvalue weighted by molar-refractivity contribution is 0.592. The summed E-state index contributed by atoms with van der Waals surface area (Å²) in [6, 6.07) is 9.00. The van der Waals surface area contributed by atoms with Crippen molar-refractivity contribution >= 4 is 33.3 Å². The zero-order valence-corrected chi connectivity index (χ0v) is 13.0. The molecule has 1 heterocycles. The molecule has 3 rings (SSSR count). The lowest BCUT2D eigenvalue weighted by atomic mass is 10.0. The van der Waals surface area contributed by atoms with Crippen LogP contribution in [0.4, 0.5) is 10.1 Å². The molecule has 5 nitrogen and oxygen atoms in total. The van der Waals surface area contributed by atoms with Crippen LogP contribution in [0.5, 0.6) is 0 Å². The van der Waals surface area contributed by atoms with E-state index in [4.69, 9.17) is 11.6 Å². The summed E-state index contributed by atoms with van der Waals surface area (Å²) in [6.07, 6.45) is 0. The van der Waals surface area contributed by atoms with Crippen molar-refractivity contribution in [1.29, 1.82) is 0 Å². The maximum Gasteiger partial charge on any atom is 0.287 e. The van der Waals surface area contributed by atoms with Gasteiger partial charge in [-0.15, -0.1) is 4.40 Å². The first kappa shape index (κ1) is 14.8. The maximum absolute atomic E-state index is 13.9. The Bertz CT molecular complexity index is 897. The number of hydrogen-bond donors (Lipinski definition) is 2. The summed E-state index contributed by atoms with van der Waals surface area (Å²) in [5.74, 6) is -0.616. The van der Waals surface area contributed by atoms with Gasteiger partial charge in [-0.3, -0.25) is 0 Å². The van der Waals surface area contributed by atoms with E-state index in [0.717, 1.165) is 6.07 Å². The van der Waals surface area contributed by atoms with E-state index < -0.39 is 15.8 Å². The fraction of sp³-hybridized carbons (Fsp3) is 0.0714. The maximum atomic E-state index is 13.9. The highest BCUT2D eigenvalue weighted by Crippen LogP contribution is 2.39. The van der Waals surface area contributed by atoms with Gasteiger partial charge in [0.1, 0.15) is 10.7 Å². The zero-order valence-electron chi connectivity index (χ0n) is 11.4. The van der Waals surface area contributed by atoms with Gasteiger partial charge in [-0.2, -0.15) is 8.42 Å². The normalized spacial score (nSPS) is 15.5. The number of halogens is 2. The van der Waals surface area contributed by atoms with E-state index in [2.05, 4.69) is 15.0 Å². The predicted octanol–water partition coefficient (Wildman–Crippen LogP) is 2.84. The number of hydrogen-bond acceptors (Lipinski definition) is 4. The number of nitrogens with zero attached hydrogens (tertiary/aromatic N) is 1. The Balaban J connectivity index is 2.33. The molecule has 0 radical (unpaired) electrons. The second-order valence-corrected chi connectivity index (χ2v) is 6.58. The molecule has 8 heteroatoms. The first-order valence-electron chi connectivity index (χ1n) is 6.30. The summed E-state index contributed by atoms with van der Waals surface area (Å²) in [4.78, 5) is -0.221. The predicted molar refractivity (Wildman–Crippen MR) is 84.1 cm³/mol. The van der Waals surface area contributed by atoms with Crippen molar-refractivity contribution in [3.63, 3.8) is 0 Å². The number of guanidine groups is 1. The fourth-order valence-corrected chi connectivity index (χ4v) is 3.62. The van der Waals surface area contributed by atoms with Gasteiger partial charge in [0.15, 0.2) is 0 Å². The Hall–Kier alpha value is -2.12. The van der Waals surface area contributed by atoms with Gasteiger partial charge >= 0.3 is 0 Å². The molecule has 22 heavy (non-hydrogen) atoms. The van der Waals surface area contributed by atoms with E-state index in [1.807, 2.05) is 0 Å². The van der Waals surface area contributed by atoms with Crippen LogP contribution in [0.1, 0.15) is 0 Å². The van der Waals surface area contributed by atoms with Crippen molar-refractivity contribution in [2.45, 2.75) is 4.90 Å². The van der Waals surface area contributed by atoms with E-state index in [1.54, 1.807) is 24.3 Å². The molecule has 0 atom stereocenters. The highest BCUT2D eigenvalue weighted by atomic mass is 35.5. The van der Waals surface area contributed by atoms with Crippen LogP contribution in [0.15, 0.2) is 45.7 Å². The Morgan fingerprint density at radius 2 is 1.95 bits per heavy atom. The third kappa shape index (κ3) is 2.42. The van der Waals surface area contributed by atoms with E-state index in [1.165, 1.54) is 13.1 Å². The van der Waals surface area contributed by atoms with E-state index in [0.29, 0.717) is 16.1 Å². The van der Waals surface area contributed by atoms with Crippen molar-refractivity contribution in [1.82, 2.24) is 5.32 Å². The molecule has 2 aromatic carbocycles. The number of nitrogens with one attached hydrogen (secondary N) is 2. The first-order chi connectivity index (χ1) is 10.4. The molecule has 1 aliphatic rings. The van der Waals surface area contributed by atoms with Gasteiger partial charge in [0.25, 0.3) is 10.0 Å². The molecule has 0 unspecified atom stereocenters. The highest BCUT2D eigenvalue weighted by Gasteiger charge is 2.28. The molecule has 0 fully saturated rings. The second-order valence-electron chi connectivity index (χ2n) is 4.60. The van der Waals surface area contributed by atoms with Gasteiger partial charge in [0.05, 0.1) is 5.69 Å². The number of rotatable bonds is 1. The number of benzene rings is 2. The lowest BCUT2D eigenvalue weighted by Crippen LogP contribution is -2.32. The molecular weight excluding hydrogens is 329 g/mol. The smallest absolute Gasteiger partial charge is 0.287 e. The molecule has 0 aliphatic carbocycles. The van der Waals surface area contributed by atoms with Crippen molar-refractivity contribution in [3.05, 3.63) is 47.2 Å². The SMILES string of the molecule is CNC1=NS(=O)(=O)c2cc(F)cc(-c3ccccc3Cl)c2N1. The highest BCUT2D eigenvalue weighted by molar-refractivity contribution is 7.90. The van der Waals surface area contributed by atoms with E-state index in [9.17, 15) is 12.8 Å². The fourth-order valence-electron chi connectivity index (χ4n) is 2.23. The van der Waals surface area contributed by atoms with Gasteiger partial charge in [0.2, 0.25) is 5.96 Å². The van der Waals surface area contributed by atoms with Crippen molar-refractivity contribution < 1.29 is 12.8 Å². The summed E-state index contributed by atoms with van der Waals surface area (Å²) in [6.45, 7) is 0. The third-order valence-electron chi connectivity index (χ3n) is 3.20. The molecule has 0 saturated heterocycles. The van der Waals surface area contributed by atoms with Crippen LogP contribution in [-0.4, -0.2) is 21.4 Å². The van der Waals surface area contributed by atoms with Crippen LogP contribution < -0.4 is 10.6 Å². The van der Waals surface area contributed by atoms with Gasteiger partial charge in [0, 0.05) is 23.2 Å². The van der Waals surface area contributed by atoms with E-state index >= 15 is 0 Å². The third-order valence-corrected chi connectivity index (χ3v) is 4.83. The van der Waals surface area contributed by atoms with Crippen LogP contribution in [0, 0.1) is 5.82 Å². The Labute approximate surface area is 131 Å². The Morgan fingerprint density at radius 3 is 2.64 bits per heavy atom. The van der Waals surface area contributed by atoms with Gasteiger partial charge in [-0.1, -0.05) is 29.8 Å². The molecule has 0 bridgehead atoms. The monoisotopic (exact) mass is 339 g/mol. The molecule has 0 amide bonds. The Kier molecular flexibility index (Phi) is 3.54. The molecular formula is C14H11ClFN3O2S. The van der Waals surface area contributed by atoms with E-state index in [-0.39, 0.29) is 16.5 Å². The zero-order chi connectivity index (χ0) is 15.9. The summed E-state index contributed by atoms with van der Waals surface area (Å²) in [5.41, 5.74) is 1.13. The average molecular weight is 340 g/mol. The van der Waals surface area contributed by atoms with Gasteiger partial charge < -0.3 is 10.6 Å². The Morgan fingerprint density at radius 1 is 1.23 bits per heavy atom. The van der Waals surface area contributed by atoms with Crippen LogP contribution in [-0.2, 0) is 10.0 Å². The van der Waals surface area contributed by atoms with Crippen molar-refractivity contribution in [2.75, 3.05) is 12.4 Å². The minimum absolute atomic E-state index is 0.0624. The number of sulfonamides is 1. The molecule has 2 aromatic rings. The molecule has 0 saturated carbocycles. The van der Waals surface area contributed by atoms with Crippen LogP contribution in [0.2, 0.25) is 5.02 Å². The lowest BCUT2D eigenvalue weighted by Gasteiger charge is -2.21. The first-order valence-corrected chi connectivity index (χ1v) is 8.12. The van der Waals surface area contributed by atoms with Crippen LogP contribution in [0.25, 0.3) is 11.1 Å². The second kappa shape index (κ2) is 5.26. The van der Waals surface area contributed by atoms with Gasteiger partial charge in [-0.05, 0) is 18.2 Å². The largest absolute Gasteiger partial charge is 0.358 e. The summed E-state index contributed by atoms with van der Waals surface area (Å²) in [7, 11) is -2.46. The minimum Gasteiger partial charge on any atom is -0.358 e. The minimum atomic E-state index is -3.99. The molecule has 0 aromatic heterocycles. The molecule has 2 N–H and O–H groups in total.